The summed E-state index contributed by atoms with van der Waals surface area (Å²) in [5.41, 5.74) is 0.733. The Morgan fingerprint density at radius 2 is 2.38 bits per heavy atom. The maximum Gasteiger partial charge on any atom is 0.134 e. The number of Topliss-reactive ketones (excluding diaryl/α,β-unsaturated/α-hetero) is 1. The van der Waals surface area contributed by atoms with Gasteiger partial charge in [0.05, 0.1) is 0 Å². The van der Waals surface area contributed by atoms with Crippen molar-refractivity contribution in [2.45, 2.75) is 33.1 Å². The van der Waals surface area contributed by atoms with Crippen LogP contribution in [-0.2, 0) is 9.59 Å². The van der Waals surface area contributed by atoms with Gasteiger partial charge in [0.15, 0.2) is 0 Å². The number of aldehydes is 1. The lowest BCUT2D eigenvalue weighted by molar-refractivity contribution is -0.118. The molecule has 2 heteroatoms. The van der Waals surface area contributed by atoms with Crippen molar-refractivity contribution in [3.05, 3.63) is 12.2 Å². The standard InChI is InChI=1S/C11H16O2/c1-8(2)11(4-5-12)7-10(13)6-9(11)3/h5,9H,1,4,6-7H2,2-3H3/t9-,11-/m1/s1. The van der Waals surface area contributed by atoms with E-state index in [1.807, 2.05) is 13.8 Å². The molecule has 1 aliphatic carbocycles. The SMILES string of the molecule is C=C(C)[C@@]1(CC=O)CC(=O)C[C@H]1C. The molecule has 0 aromatic heterocycles. The van der Waals surface area contributed by atoms with E-state index < -0.39 is 0 Å². The highest BCUT2D eigenvalue weighted by molar-refractivity contribution is 5.83. The first-order valence-corrected chi connectivity index (χ1v) is 4.64. The number of allylic oxidation sites excluding steroid dienone is 1. The second-order valence-corrected chi connectivity index (χ2v) is 4.13. The quantitative estimate of drug-likeness (QED) is 0.492. The summed E-state index contributed by atoms with van der Waals surface area (Å²) in [7, 11) is 0. The molecule has 0 saturated heterocycles. The molecule has 0 aromatic rings. The van der Waals surface area contributed by atoms with Gasteiger partial charge in [-0.1, -0.05) is 19.1 Å². The smallest absolute Gasteiger partial charge is 0.134 e. The summed E-state index contributed by atoms with van der Waals surface area (Å²) in [6.45, 7) is 7.85. The Kier molecular flexibility index (Phi) is 2.69. The van der Waals surface area contributed by atoms with Crippen LogP contribution in [0.2, 0.25) is 0 Å². The summed E-state index contributed by atoms with van der Waals surface area (Å²) < 4.78 is 0. The Balaban J connectivity index is 2.96. The number of carbonyl (C=O) groups is 2. The molecule has 13 heavy (non-hydrogen) atoms. The van der Waals surface area contributed by atoms with E-state index in [2.05, 4.69) is 6.58 Å². The van der Waals surface area contributed by atoms with Crippen LogP contribution in [0.3, 0.4) is 0 Å². The monoisotopic (exact) mass is 180 g/mol. The minimum absolute atomic E-state index is 0.237. The highest BCUT2D eigenvalue weighted by Gasteiger charge is 2.44. The van der Waals surface area contributed by atoms with Gasteiger partial charge in [0.1, 0.15) is 12.1 Å². The normalized spacial score (nSPS) is 33.4. The number of ketones is 1. The van der Waals surface area contributed by atoms with Crippen LogP contribution in [0.1, 0.15) is 33.1 Å². The fraction of sp³-hybridized carbons (Fsp3) is 0.636. The minimum atomic E-state index is -0.237. The van der Waals surface area contributed by atoms with Crippen LogP contribution >= 0.6 is 0 Å². The van der Waals surface area contributed by atoms with Crippen molar-refractivity contribution in [2.75, 3.05) is 0 Å². The molecule has 2 atom stereocenters. The Bertz CT molecular complexity index is 255. The van der Waals surface area contributed by atoms with Crippen molar-refractivity contribution < 1.29 is 9.59 Å². The summed E-state index contributed by atoms with van der Waals surface area (Å²) in [6, 6.07) is 0. The van der Waals surface area contributed by atoms with Crippen LogP contribution in [0.5, 0.6) is 0 Å². The van der Waals surface area contributed by atoms with Gasteiger partial charge in [-0.25, -0.2) is 0 Å². The summed E-state index contributed by atoms with van der Waals surface area (Å²) in [5, 5.41) is 0. The van der Waals surface area contributed by atoms with Gasteiger partial charge in [-0.15, -0.1) is 0 Å². The van der Waals surface area contributed by atoms with Crippen LogP contribution < -0.4 is 0 Å². The molecule has 0 radical (unpaired) electrons. The second kappa shape index (κ2) is 3.44. The average molecular weight is 180 g/mol. The zero-order chi connectivity index (χ0) is 10.1. The Morgan fingerprint density at radius 3 is 2.69 bits per heavy atom. The third-order valence-corrected chi connectivity index (χ3v) is 3.29. The molecule has 0 bridgehead atoms. The lowest BCUT2D eigenvalue weighted by Gasteiger charge is -2.31. The molecule has 72 valence electrons. The van der Waals surface area contributed by atoms with E-state index in [4.69, 9.17) is 0 Å². The predicted molar refractivity (Wildman–Crippen MR) is 51.3 cm³/mol. The molecule has 1 aliphatic rings. The highest BCUT2D eigenvalue weighted by atomic mass is 16.1. The first-order valence-electron chi connectivity index (χ1n) is 4.64. The summed E-state index contributed by atoms with van der Waals surface area (Å²) >= 11 is 0. The van der Waals surface area contributed by atoms with Crippen LogP contribution in [0.15, 0.2) is 12.2 Å². The molecular weight excluding hydrogens is 164 g/mol. The first kappa shape index (κ1) is 10.2. The molecule has 0 spiro atoms. The number of hydrogen-bond acceptors (Lipinski definition) is 2. The summed E-state index contributed by atoms with van der Waals surface area (Å²) in [4.78, 5) is 21.9. The van der Waals surface area contributed by atoms with Gasteiger partial charge < -0.3 is 4.79 Å². The molecule has 1 saturated carbocycles. The van der Waals surface area contributed by atoms with E-state index in [0.29, 0.717) is 19.3 Å². The van der Waals surface area contributed by atoms with Crippen molar-refractivity contribution in [3.63, 3.8) is 0 Å². The Labute approximate surface area is 79.0 Å². The lowest BCUT2D eigenvalue weighted by Crippen LogP contribution is -2.25. The van der Waals surface area contributed by atoms with E-state index in [1.165, 1.54) is 0 Å². The van der Waals surface area contributed by atoms with Crippen LogP contribution in [0.4, 0.5) is 0 Å². The molecular formula is C11H16O2. The third-order valence-electron chi connectivity index (χ3n) is 3.29. The topological polar surface area (TPSA) is 34.1 Å². The first-order chi connectivity index (χ1) is 6.03. The van der Waals surface area contributed by atoms with Crippen LogP contribution in [0, 0.1) is 11.3 Å². The van der Waals surface area contributed by atoms with Crippen molar-refractivity contribution >= 4 is 12.1 Å². The van der Waals surface area contributed by atoms with Gasteiger partial charge in [0, 0.05) is 24.7 Å². The maximum absolute atomic E-state index is 11.3. The Hall–Kier alpha value is -0.920. The molecule has 1 rings (SSSR count). The molecule has 0 amide bonds. The number of carbonyl (C=O) groups excluding carboxylic acids is 2. The van der Waals surface area contributed by atoms with Gasteiger partial charge in [0.25, 0.3) is 0 Å². The van der Waals surface area contributed by atoms with E-state index in [-0.39, 0.29) is 17.1 Å². The molecule has 2 nitrogen and oxygen atoms in total. The van der Waals surface area contributed by atoms with Crippen molar-refractivity contribution in [1.82, 2.24) is 0 Å². The Morgan fingerprint density at radius 1 is 1.77 bits per heavy atom. The lowest BCUT2D eigenvalue weighted by atomic mass is 9.71. The van der Waals surface area contributed by atoms with Crippen molar-refractivity contribution in [1.29, 1.82) is 0 Å². The van der Waals surface area contributed by atoms with Crippen molar-refractivity contribution in [2.24, 2.45) is 11.3 Å². The van der Waals surface area contributed by atoms with Gasteiger partial charge >= 0.3 is 0 Å². The molecule has 0 aliphatic heterocycles. The van der Waals surface area contributed by atoms with E-state index in [0.717, 1.165) is 11.9 Å². The van der Waals surface area contributed by atoms with Gasteiger partial charge in [0.2, 0.25) is 0 Å². The number of rotatable bonds is 3. The molecule has 0 aromatic carbocycles. The van der Waals surface area contributed by atoms with Gasteiger partial charge in [-0.2, -0.15) is 0 Å². The molecule has 0 unspecified atom stereocenters. The largest absolute Gasteiger partial charge is 0.303 e. The fourth-order valence-electron chi connectivity index (χ4n) is 2.30. The second-order valence-electron chi connectivity index (χ2n) is 4.13. The number of hydrogen-bond donors (Lipinski definition) is 0. The van der Waals surface area contributed by atoms with E-state index >= 15 is 0 Å². The van der Waals surface area contributed by atoms with Crippen molar-refractivity contribution in [3.8, 4) is 0 Å². The van der Waals surface area contributed by atoms with Gasteiger partial charge in [-0.3, -0.25) is 4.79 Å². The average Bonchev–Trinajstić information content (AvgIpc) is 2.28. The molecule has 0 heterocycles. The molecule has 1 fully saturated rings. The van der Waals surface area contributed by atoms with Crippen LogP contribution in [-0.4, -0.2) is 12.1 Å². The van der Waals surface area contributed by atoms with E-state index in [9.17, 15) is 9.59 Å². The maximum atomic E-state index is 11.3. The predicted octanol–water partition coefficient (Wildman–Crippen LogP) is 2.14. The minimum Gasteiger partial charge on any atom is -0.303 e. The summed E-state index contributed by atoms with van der Waals surface area (Å²) in [5.74, 6) is 0.528. The highest BCUT2D eigenvalue weighted by Crippen LogP contribution is 2.48. The zero-order valence-electron chi connectivity index (χ0n) is 8.30. The zero-order valence-corrected chi connectivity index (χ0v) is 8.30. The summed E-state index contributed by atoms with van der Waals surface area (Å²) in [6.07, 6.45) is 2.45. The third kappa shape index (κ3) is 1.58. The van der Waals surface area contributed by atoms with Gasteiger partial charge in [-0.05, 0) is 12.8 Å². The fourth-order valence-corrected chi connectivity index (χ4v) is 2.30. The van der Waals surface area contributed by atoms with E-state index in [1.54, 1.807) is 0 Å². The van der Waals surface area contributed by atoms with Crippen LogP contribution in [0.25, 0.3) is 0 Å². The molecule has 0 N–H and O–H groups in total.